The van der Waals surface area contributed by atoms with Gasteiger partial charge in [0, 0.05) is 19.5 Å². The Morgan fingerprint density at radius 2 is 1.81 bits per heavy atom. The molecule has 1 fully saturated rings. The van der Waals surface area contributed by atoms with E-state index < -0.39 is 23.6 Å². The highest BCUT2D eigenvalue weighted by atomic mass is 19.4. The lowest BCUT2D eigenvalue weighted by atomic mass is 10.1. The summed E-state index contributed by atoms with van der Waals surface area (Å²) in [6, 6.07) is 12.5. The van der Waals surface area contributed by atoms with Gasteiger partial charge in [0.05, 0.1) is 17.2 Å². The van der Waals surface area contributed by atoms with Crippen molar-refractivity contribution < 1.29 is 22.8 Å². The zero-order chi connectivity index (χ0) is 19.6. The number of amides is 2. The molecular formula is C20H19F3N2O2. The second-order valence-corrected chi connectivity index (χ2v) is 6.56. The maximum absolute atomic E-state index is 13.2. The monoisotopic (exact) mass is 376 g/mol. The third-order valence-electron chi connectivity index (χ3n) is 4.71. The average molecular weight is 376 g/mol. The molecule has 1 aliphatic heterocycles. The first-order valence-electron chi connectivity index (χ1n) is 8.56. The van der Waals surface area contributed by atoms with Gasteiger partial charge in [-0.25, -0.2) is 0 Å². The van der Waals surface area contributed by atoms with E-state index in [1.54, 1.807) is 0 Å². The van der Waals surface area contributed by atoms with Gasteiger partial charge in [0.1, 0.15) is 0 Å². The number of carbonyl (C=O) groups is 2. The SMILES string of the molecule is Cc1ccccc1CNC(=O)C1CC(=O)N(c2ccccc2C(F)(F)F)C1. The number of carbonyl (C=O) groups excluding carboxylic acids is 2. The second-order valence-electron chi connectivity index (χ2n) is 6.56. The van der Waals surface area contributed by atoms with Crippen molar-refractivity contribution in [1.29, 1.82) is 0 Å². The largest absolute Gasteiger partial charge is 0.418 e. The predicted octanol–water partition coefficient (Wildman–Crippen LogP) is 3.68. The maximum atomic E-state index is 13.2. The van der Waals surface area contributed by atoms with E-state index in [-0.39, 0.29) is 24.6 Å². The lowest BCUT2D eigenvalue weighted by molar-refractivity contribution is -0.137. The number of nitrogens with zero attached hydrogens (tertiary/aromatic N) is 1. The number of alkyl halides is 3. The zero-order valence-electron chi connectivity index (χ0n) is 14.7. The average Bonchev–Trinajstić information content (AvgIpc) is 3.02. The molecule has 4 nitrogen and oxygen atoms in total. The number of hydrogen-bond acceptors (Lipinski definition) is 2. The van der Waals surface area contributed by atoms with E-state index in [0.29, 0.717) is 6.54 Å². The van der Waals surface area contributed by atoms with Crippen LogP contribution in [0.1, 0.15) is 23.1 Å². The molecule has 2 aromatic rings. The summed E-state index contributed by atoms with van der Waals surface area (Å²) in [4.78, 5) is 25.8. The van der Waals surface area contributed by atoms with Crippen LogP contribution >= 0.6 is 0 Å². The van der Waals surface area contributed by atoms with Crippen LogP contribution in [0, 0.1) is 12.8 Å². The quantitative estimate of drug-likeness (QED) is 0.885. The van der Waals surface area contributed by atoms with Gasteiger partial charge in [-0.05, 0) is 30.2 Å². The molecule has 1 heterocycles. The minimum Gasteiger partial charge on any atom is -0.352 e. The van der Waals surface area contributed by atoms with Gasteiger partial charge >= 0.3 is 6.18 Å². The first-order chi connectivity index (χ1) is 12.8. The molecule has 1 saturated heterocycles. The number of nitrogens with one attached hydrogen (secondary N) is 1. The van der Waals surface area contributed by atoms with E-state index in [1.807, 2.05) is 31.2 Å². The van der Waals surface area contributed by atoms with E-state index in [0.717, 1.165) is 22.1 Å². The highest BCUT2D eigenvalue weighted by Crippen LogP contribution is 2.38. The van der Waals surface area contributed by atoms with Gasteiger partial charge in [-0.1, -0.05) is 36.4 Å². The molecule has 2 aromatic carbocycles. The summed E-state index contributed by atoms with van der Waals surface area (Å²) in [6.45, 7) is 2.18. The topological polar surface area (TPSA) is 49.4 Å². The van der Waals surface area contributed by atoms with Crippen LogP contribution in [-0.4, -0.2) is 18.4 Å². The molecule has 142 valence electrons. The predicted molar refractivity (Wildman–Crippen MR) is 94.9 cm³/mol. The second kappa shape index (κ2) is 7.42. The molecule has 0 radical (unpaired) electrons. The smallest absolute Gasteiger partial charge is 0.352 e. The van der Waals surface area contributed by atoms with E-state index in [2.05, 4.69) is 5.32 Å². The minimum atomic E-state index is -4.57. The molecule has 1 unspecified atom stereocenters. The lowest BCUT2D eigenvalue weighted by Crippen LogP contribution is -2.33. The molecule has 0 aliphatic carbocycles. The fourth-order valence-corrected chi connectivity index (χ4v) is 3.20. The van der Waals surface area contributed by atoms with Crippen molar-refractivity contribution in [3.8, 4) is 0 Å². The van der Waals surface area contributed by atoms with Gasteiger partial charge in [0.25, 0.3) is 0 Å². The fraction of sp³-hybridized carbons (Fsp3) is 0.300. The molecule has 3 rings (SSSR count). The number of para-hydroxylation sites is 1. The van der Waals surface area contributed by atoms with E-state index in [9.17, 15) is 22.8 Å². The van der Waals surface area contributed by atoms with Crippen molar-refractivity contribution in [2.24, 2.45) is 5.92 Å². The van der Waals surface area contributed by atoms with Crippen molar-refractivity contribution in [3.05, 3.63) is 65.2 Å². The first kappa shape index (κ1) is 18.9. The number of benzene rings is 2. The lowest BCUT2D eigenvalue weighted by Gasteiger charge is -2.21. The van der Waals surface area contributed by atoms with E-state index in [4.69, 9.17) is 0 Å². The van der Waals surface area contributed by atoms with Crippen LogP contribution in [0.3, 0.4) is 0 Å². The Labute approximate surface area is 155 Å². The summed E-state index contributed by atoms with van der Waals surface area (Å²) in [5, 5.41) is 2.78. The van der Waals surface area contributed by atoms with E-state index >= 15 is 0 Å². The molecule has 0 aromatic heterocycles. The Hall–Kier alpha value is -2.83. The third-order valence-corrected chi connectivity index (χ3v) is 4.71. The molecule has 0 spiro atoms. The van der Waals surface area contributed by atoms with Gasteiger partial charge in [0.15, 0.2) is 0 Å². The van der Waals surface area contributed by atoms with Crippen LogP contribution in [-0.2, 0) is 22.3 Å². The fourth-order valence-electron chi connectivity index (χ4n) is 3.20. The third kappa shape index (κ3) is 4.13. The van der Waals surface area contributed by atoms with Gasteiger partial charge in [-0.15, -0.1) is 0 Å². The summed E-state index contributed by atoms with van der Waals surface area (Å²) < 4.78 is 39.6. The van der Waals surface area contributed by atoms with Crippen LogP contribution in [0.25, 0.3) is 0 Å². The van der Waals surface area contributed by atoms with Crippen molar-refractivity contribution in [1.82, 2.24) is 5.32 Å². The maximum Gasteiger partial charge on any atom is 0.418 e. The molecule has 2 amide bonds. The van der Waals surface area contributed by atoms with Crippen molar-refractivity contribution in [3.63, 3.8) is 0 Å². The Kier molecular flexibility index (Phi) is 5.21. The standard InChI is InChI=1S/C20H19F3N2O2/c1-13-6-2-3-7-14(13)11-24-19(27)15-10-18(26)25(12-15)17-9-5-4-8-16(17)20(21,22)23/h2-9,15H,10-12H2,1H3,(H,24,27). The van der Waals surface area contributed by atoms with Crippen LogP contribution in [0.2, 0.25) is 0 Å². The van der Waals surface area contributed by atoms with Gasteiger partial charge < -0.3 is 10.2 Å². The number of aryl methyl sites for hydroxylation is 1. The number of hydrogen-bond donors (Lipinski definition) is 1. The summed E-state index contributed by atoms with van der Waals surface area (Å²) in [6.07, 6.45) is -4.67. The Morgan fingerprint density at radius 3 is 2.52 bits per heavy atom. The molecule has 1 atom stereocenters. The van der Waals surface area contributed by atoms with E-state index in [1.165, 1.54) is 18.2 Å². The molecule has 27 heavy (non-hydrogen) atoms. The molecule has 1 N–H and O–H groups in total. The summed E-state index contributed by atoms with van der Waals surface area (Å²) >= 11 is 0. The van der Waals surface area contributed by atoms with Gasteiger partial charge in [0.2, 0.25) is 11.8 Å². The Balaban J connectivity index is 1.71. The summed E-state index contributed by atoms with van der Waals surface area (Å²) in [5.74, 6) is -1.50. The van der Waals surface area contributed by atoms with Gasteiger partial charge in [-0.2, -0.15) is 13.2 Å². The zero-order valence-corrected chi connectivity index (χ0v) is 14.7. The molecule has 0 saturated carbocycles. The van der Waals surface area contributed by atoms with Crippen LogP contribution in [0.15, 0.2) is 48.5 Å². The van der Waals surface area contributed by atoms with Crippen LogP contribution in [0.5, 0.6) is 0 Å². The van der Waals surface area contributed by atoms with Crippen molar-refractivity contribution >= 4 is 17.5 Å². The summed E-state index contributed by atoms with van der Waals surface area (Å²) in [7, 11) is 0. The molecule has 0 bridgehead atoms. The Morgan fingerprint density at radius 1 is 1.15 bits per heavy atom. The highest BCUT2D eigenvalue weighted by molar-refractivity contribution is 6.00. The Bertz CT molecular complexity index is 864. The minimum absolute atomic E-state index is 0.0640. The van der Waals surface area contributed by atoms with Crippen LogP contribution in [0.4, 0.5) is 18.9 Å². The van der Waals surface area contributed by atoms with Crippen molar-refractivity contribution in [2.75, 3.05) is 11.4 Å². The van der Waals surface area contributed by atoms with Crippen LogP contribution < -0.4 is 10.2 Å². The van der Waals surface area contributed by atoms with Crippen molar-refractivity contribution in [2.45, 2.75) is 26.1 Å². The number of halogens is 3. The number of rotatable bonds is 4. The highest BCUT2D eigenvalue weighted by Gasteiger charge is 2.40. The molecule has 1 aliphatic rings. The first-order valence-corrected chi connectivity index (χ1v) is 8.56. The summed E-state index contributed by atoms with van der Waals surface area (Å²) in [5.41, 5.74) is 0.902. The number of anilines is 1. The normalized spacial score (nSPS) is 17.3. The molecule has 7 heteroatoms. The molecular weight excluding hydrogens is 357 g/mol. The van der Waals surface area contributed by atoms with Gasteiger partial charge in [-0.3, -0.25) is 9.59 Å².